The Morgan fingerprint density at radius 3 is 2.33 bits per heavy atom. The third-order valence-electron chi connectivity index (χ3n) is 5.59. The molecule has 0 heterocycles. The van der Waals surface area contributed by atoms with E-state index < -0.39 is 12.2 Å². The first-order valence-electron chi connectivity index (χ1n) is 6.97. The van der Waals surface area contributed by atoms with Crippen molar-refractivity contribution in [3.05, 3.63) is 12.2 Å². The molecular weight excluding hydrogens is 228 g/mol. The van der Waals surface area contributed by atoms with Gasteiger partial charge in [0.1, 0.15) is 0 Å². The Balaban J connectivity index is 2.32. The number of hydrogen-bond donors (Lipinski definition) is 3. The van der Waals surface area contributed by atoms with Crippen molar-refractivity contribution in [2.45, 2.75) is 58.3 Å². The summed E-state index contributed by atoms with van der Waals surface area (Å²) in [6, 6.07) is 0. The molecule has 7 atom stereocenters. The van der Waals surface area contributed by atoms with Crippen molar-refractivity contribution in [1.82, 2.24) is 0 Å². The molecule has 3 N–H and O–H groups in total. The van der Waals surface area contributed by atoms with Gasteiger partial charge in [-0.2, -0.15) is 0 Å². The number of fused-ring (bicyclic) bond motifs is 1. The van der Waals surface area contributed by atoms with E-state index in [4.69, 9.17) is 0 Å². The van der Waals surface area contributed by atoms with Gasteiger partial charge in [-0.25, -0.2) is 0 Å². The molecule has 0 amide bonds. The van der Waals surface area contributed by atoms with E-state index in [0.717, 1.165) is 18.4 Å². The van der Waals surface area contributed by atoms with Gasteiger partial charge in [-0.3, -0.25) is 0 Å². The zero-order valence-electron chi connectivity index (χ0n) is 11.6. The highest BCUT2D eigenvalue weighted by Gasteiger charge is 2.54. The molecule has 2 fully saturated rings. The van der Waals surface area contributed by atoms with Gasteiger partial charge in [-0.05, 0) is 43.4 Å². The summed E-state index contributed by atoms with van der Waals surface area (Å²) in [6.07, 6.45) is 0.419. The molecule has 0 aliphatic heterocycles. The Kier molecular flexibility index (Phi) is 3.60. The van der Waals surface area contributed by atoms with Crippen molar-refractivity contribution >= 4 is 0 Å². The van der Waals surface area contributed by atoms with Gasteiger partial charge in [0.15, 0.2) is 0 Å². The summed E-state index contributed by atoms with van der Waals surface area (Å²) in [7, 11) is 0. The summed E-state index contributed by atoms with van der Waals surface area (Å²) < 4.78 is 0. The van der Waals surface area contributed by atoms with Gasteiger partial charge in [0.2, 0.25) is 0 Å². The molecule has 0 bridgehead atoms. The summed E-state index contributed by atoms with van der Waals surface area (Å²) in [5.41, 5.74) is 0.932. The summed E-state index contributed by atoms with van der Waals surface area (Å²) >= 11 is 0. The fourth-order valence-electron chi connectivity index (χ4n) is 4.12. The average molecular weight is 254 g/mol. The molecule has 2 aliphatic carbocycles. The minimum absolute atomic E-state index is 0.0122. The second kappa shape index (κ2) is 4.62. The van der Waals surface area contributed by atoms with Crippen molar-refractivity contribution in [3.8, 4) is 0 Å². The van der Waals surface area contributed by atoms with Crippen molar-refractivity contribution < 1.29 is 15.3 Å². The summed E-state index contributed by atoms with van der Waals surface area (Å²) in [5, 5.41) is 30.5. The van der Waals surface area contributed by atoms with E-state index in [1.165, 1.54) is 0 Å². The predicted molar refractivity (Wildman–Crippen MR) is 70.9 cm³/mol. The van der Waals surface area contributed by atoms with Gasteiger partial charge in [-0.15, -0.1) is 0 Å². The van der Waals surface area contributed by atoms with Crippen LogP contribution in [0.2, 0.25) is 0 Å². The van der Waals surface area contributed by atoms with Crippen LogP contribution >= 0.6 is 0 Å². The molecule has 3 heteroatoms. The molecule has 0 aromatic rings. The van der Waals surface area contributed by atoms with Crippen LogP contribution in [0.4, 0.5) is 0 Å². The highest BCUT2D eigenvalue weighted by atomic mass is 16.3. The first-order chi connectivity index (χ1) is 8.27. The molecule has 3 nitrogen and oxygen atoms in total. The third-order valence-corrected chi connectivity index (χ3v) is 5.59. The molecule has 2 saturated carbocycles. The standard InChI is InChI=1S/C15H26O3/c1-8(2)11-7-15(4)9(3)5-10(16)6-12(15)14(18)13(11)17/h9-14,16-18H,1,5-7H2,2-4H3/t9-,10-,11+,12-,13+,14-,15+/m0/s1. The lowest BCUT2D eigenvalue weighted by molar-refractivity contribution is -0.167. The van der Waals surface area contributed by atoms with E-state index in [9.17, 15) is 15.3 Å². The maximum atomic E-state index is 10.4. The molecule has 0 spiro atoms. The van der Waals surface area contributed by atoms with Crippen molar-refractivity contribution in [1.29, 1.82) is 0 Å². The lowest BCUT2D eigenvalue weighted by Crippen LogP contribution is -2.58. The fourth-order valence-corrected chi connectivity index (χ4v) is 4.12. The second-order valence-electron chi connectivity index (χ2n) is 6.78. The molecule has 104 valence electrons. The van der Waals surface area contributed by atoms with Crippen LogP contribution in [-0.2, 0) is 0 Å². The fraction of sp³-hybridized carbons (Fsp3) is 0.867. The van der Waals surface area contributed by atoms with Crippen molar-refractivity contribution in [2.75, 3.05) is 0 Å². The Morgan fingerprint density at radius 1 is 1.17 bits per heavy atom. The Morgan fingerprint density at radius 2 is 1.78 bits per heavy atom. The molecule has 0 saturated heterocycles. The summed E-state index contributed by atoms with van der Waals surface area (Å²) in [4.78, 5) is 0. The van der Waals surface area contributed by atoms with Gasteiger partial charge in [0, 0.05) is 5.92 Å². The number of rotatable bonds is 1. The molecule has 2 rings (SSSR count). The van der Waals surface area contributed by atoms with E-state index in [-0.39, 0.29) is 23.4 Å². The van der Waals surface area contributed by atoms with Gasteiger partial charge in [0.25, 0.3) is 0 Å². The van der Waals surface area contributed by atoms with E-state index in [1.807, 2.05) is 6.92 Å². The zero-order chi connectivity index (χ0) is 13.7. The Hall–Kier alpha value is -0.380. The van der Waals surface area contributed by atoms with Crippen LogP contribution in [0.1, 0.15) is 40.0 Å². The predicted octanol–water partition coefficient (Wildman–Crippen LogP) is 1.72. The zero-order valence-corrected chi connectivity index (χ0v) is 11.6. The van der Waals surface area contributed by atoms with Crippen LogP contribution < -0.4 is 0 Å². The smallest absolute Gasteiger partial charge is 0.0867 e. The molecule has 0 unspecified atom stereocenters. The van der Waals surface area contributed by atoms with E-state index in [1.54, 1.807) is 0 Å². The minimum atomic E-state index is -0.747. The van der Waals surface area contributed by atoms with Gasteiger partial charge in [-0.1, -0.05) is 26.0 Å². The lowest BCUT2D eigenvalue weighted by Gasteiger charge is -2.56. The first kappa shape index (κ1) is 14.0. The average Bonchev–Trinajstić information content (AvgIpc) is 2.27. The molecule has 0 aromatic heterocycles. The number of aliphatic hydroxyl groups is 3. The second-order valence-corrected chi connectivity index (χ2v) is 6.78. The van der Waals surface area contributed by atoms with Crippen LogP contribution in [0, 0.1) is 23.2 Å². The summed E-state index contributed by atoms with van der Waals surface area (Å²) in [5.74, 6) is 0.316. The van der Waals surface area contributed by atoms with Gasteiger partial charge >= 0.3 is 0 Å². The lowest BCUT2D eigenvalue weighted by atomic mass is 9.51. The van der Waals surface area contributed by atoms with Crippen LogP contribution in [0.5, 0.6) is 0 Å². The largest absolute Gasteiger partial charge is 0.393 e. The van der Waals surface area contributed by atoms with Crippen molar-refractivity contribution in [3.63, 3.8) is 0 Å². The molecular formula is C15H26O3. The van der Waals surface area contributed by atoms with Gasteiger partial charge < -0.3 is 15.3 Å². The Labute approximate surface area is 110 Å². The van der Waals surface area contributed by atoms with E-state index >= 15 is 0 Å². The molecule has 0 aromatic carbocycles. The number of hydrogen-bond acceptors (Lipinski definition) is 3. The quantitative estimate of drug-likeness (QED) is 0.624. The SMILES string of the molecule is C=C(C)[C@H]1C[C@]2(C)[C@@H](C)C[C@H](O)C[C@H]2[C@H](O)[C@@H]1O. The first-order valence-corrected chi connectivity index (χ1v) is 6.97. The van der Waals surface area contributed by atoms with E-state index in [0.29, 0.717) is 12.3 Å². The van der Waals surface area contributed by atoms with E-state index in [2.05, 4.69) is 20.4 Å². The normalized spacial score (nSPS) is 52.8. The third kappa shape index (κ3) is 2.02. The highest BCUT2D eigenvalue weighted by molar-refractivity contribution is 5.11. The minimum Gasteiger partial charge on any atom is -0.393 e. The van der Waals surface area contributed by atoms with Gasteiger partial charge in [0.05, 0.1) is 18.3 Å². The Bertz CT molecular complexity index is 341. The molecule has 2 aliphatic rings. The van der Waals surface area contributed by atoms with Crippen molar-refractivity contribution in [2.24, 2.45) is 23.2 Å². The monoisotopic (exact) mass is 254 g/mol. The van der Waals surface area contributed by atoms with Crippen LogP contribution in [-0.4, -0.2) is 33.6 Å². The molecule has 0 radical (unpaired) electrons. The van der Waals surface area contributed by atoms with Crippen LogP contribution in [0.3, 0.4) is 0 Å². The van der Waals surface area contributed by atoms with Crippen LogP contribution in [0.25, 0.3) is 0 Å². The number of aliphatic hydroxyl groups excluding tert-OH is 3. The highest BCUT2D eigenvalue weighted by Crippen LogP contribution is 2.55. The maximum absolute atomic E-state index is 10.4. The molecule has 18 heavy (non-hydrogen) atoms. The van der Waals surface area contributed by atoms with Crippen LogP contribution in [0.15, 0.2) is 12.2 Å². The maximum Gasteiger partial charge on any atom is 0.0867 e. The topological polar surface area (TPSA) is 60.7 Å². The summed E-state index contributed by atoms with van der Waals surface area (Å²) in [6.45, 7) is 10.2.